The van der Waals surface area contributed by atoms with E-state index in [0.717, 1.165) is 5.56 Å². The molecule has 0 bridgehead atoms. The molecule has 0 radical (unpaired) electrons. The third kappa shape index (κ3) is 5.91. The molecular formula is C29H40N2O5S. The summed E-state index contributed by atoms with van der Waals surface area (Å²) >= 11 is 1.38. The topological polar surface area (TPSA) is 89.0 Å². The first-order valence-electron chi connectivity index (χ1n) is 12.6. The number of carbonyl (C=O) groups is 2. The summed E-state index contributed by atoms with van der Waals surface area (Å²) in [7, 11) is 1.59. The average molecular weight is 529 g/mol. The molecule has 1 aromatic heterocycles. The molecular weight excluding hydrogens is 488 g/mol. The Morgan fingerprint density at radius 2 is 1.86 bits per heavy atom. The molecule has 0 fully saturated rings. The smallest absolute Gasteiger partial charge is 0.336 e. The number of carbonyl (C=O) groups excluding carboxylic acids is 2. The molecule has 0 aliphatic carbocycles. The molecule has 3 rings (SSSR count). The maximum atomic E-state index is 14.4. The minimum atomic E-state index is -1.41. The lowest BCUT2D eigenvalue weighted by atomic mass is 9.85. The highest BCUT2D eigenvalue weighted by atomic mass is 32.1. The molecule has 1 aliphatic rings. The first-order chi connectivity index (χ1) is 17.1. The Hall–Kier alpha value is -2.71. The molecule has 2 atom stereocenters. The van der Waals surface area contributed by atoms with Gasteiger partial charge in [-0.1, -0.05) is 40.7 Å². The van der Waals surface area contributed by atoms with E-state index in [4.69, 9.17) is 9.47 Å². The molecule has 0 saturated carbocycles. The van der Waals surface area contributed by atoms with Gasteiger partial charge in [0.1, 0.15) is 22.4 Å². The van der Waals surface area contributed by atoms with E-state index in [1.165, 1.54) is 11.3 Å². The fourth-order valence-electron chi connectivity index (χ4n) is 4.89. The molecule has 1 amide bonds. The van der Waals surface area contributed by atoms with E-state index in [0.29, 0.717) is 28.3 Å². The van der Waals surface area contributed by atoms with Crippen LogP contribution in [0.2, 0.25) is 0 Å². The van der Waals surface area contributed by atoms with E-state index in [1.54, 1.807) is 57.2 Å². The predicted molar refractivity (Wildman–Crippen MR) is 146 cm³/mol. The zero-order valence-electron chi connectivity index (χ0n) is 23.4. The maximum absolute atomic E-state index is 14.4. The van der Waals surface area contributed by atoms with E-state index in [2.05, 4.69) is 25.8 Å². The number of aromatic nitrogens is 1. The maximum Gasteiger partial charge on any atom is 0.336 e. The van der Waals surface area contributed by atoms with Gasteiger partial charge in [0.25, 0.3) is 5.91 Å². The van der Waals surface area contributed by atoms with Crippen LogP contribution in [0.1, 0.15) is 88.8 Å². The molecule has 2 aromatic rings. The van der Waals surface area contributed by atoms with Crippen LogP contribution in [0.4, 0.5) is 0 Å². The van der Waals surface area contributed by atoms with Crippen LogP contribution in [0.3, 0.4) is 0 Å². The van der Waals surface area contributed by atoms with Gasteiger partial charge in [0.15, 0.2) is 5.54 Å². The van der Waals surface area contributed by atoms with Crippen molar-refractivity contribution in [3.63, 3.8) is 0 Å². The van der Waals surface area contributed by atoms with Crippen molar-refractivity contribution < 1.29 is 24.2 Å². The van der Waals surface area contributed by atoms with Crippen molar-refractivity contribution in [2.24, 2.45) is 5.92 Å². The van der Waals surface area contributed by atoms with Crippen LogP contribution in [0, 0.1) is 5.92 Å². The second-order valence-electron chi connectivity index (χ2n) is 12.0. The van der Waals surface area contributed by atoms with Gasteiger partial charge in [0.2, 0.25) is 0 Å². The quantitative estimate of drug-likeness (QED) is 0.367. The summed E-state index contributed by atoms with van der Waals surface area (Å²) in [6.07, 6.45) is 3.72. The van der Waals surface area contributed by atoms with Gasteiger partial charge in [-0.25, -0.2) is 9.78 Å². The SMILES string of the molecule is COc1cc(C(=O)N2[C@@H](c3nccs3)C(CO)=C[C@@]2(CC(C)C)C(=O)OC(C)(C)C)ccc1C(C)(C)C. The number of aliphatic hydroxyl groups excluding tert-OH is 1. The van der Waals surface area contributed by atoms with Crippen LogP contribution in [0.5, 0.6) is 5.75 Å². The van der Waals surface area contributed by atoms with E-state index in [-0.39, 0.29) is 23.8 Å². The van der Waals surface area contributed by atoms with E-state index in [9.17, 15) is 14.7 Å². The Balaban J connectivity index is 2.25. The third-order valence-electron chi connectivity index (χ3n) is 6.28. The molecule has 7 nitrogen and oxygen atoms in total. The van der Waals surface area contributed by atoms with Crippen molar-refractivity contribution >= 4 is 23.2 Å². The van der Waals surface area contributed by atoms with Crippen molar-refractivity contribution in [1.29, 1.82) is 0 Å². The molecule has 0 spiro atoms. The summed E-state index contributed by atoms with van der Waals surface area (Å²) in [5.41, 5.74) is -0.459. The van der Waals surface area contributed by atoms with Crippen LogP contribution in [-0.2, 0) is 14.9 Å². The van der Waals surface area contributed by atoms with Gasteiger partial charge in [-0.15, -0.1) is 11.3 Å². The summed E-state index contributed by atoms with van der Waals surface area (Å²) < 4.78 is 11.6. The number of hydrogen-bond acceptors (Lipinski definition) is 7. The lowest BCUT2D eigenvalue weighted by Crippen LogP contribution is -2.56. The molecule has 0 unspecified atom stereocenters. The Bertz CT molecular complexity index is 1160. The fraction of sp³-hybridized carbons (Fsp3) is 0.552. The largest absolute Gasteiger partial charge is 0.496 e. The van der Waals surface area contributed by atoms with Crippen molar-refractivity contribution in [1.82, 2.24) is 9.88 Å². The highest BCUT2D eigenvalue weighted by Gasteiger charge is 2.56. The first-order valence-corrected chi connectivity index (χ1v) is 13.5. The fourth-order valence-corrected chi connectivity index (χ4v) is 5.66. The molecule has 2 heterocycles. The van der Waals surface area contributed by atoms with Gasteiger partial charge in [-0.3, -0.25) is 4.79 Å². The molecule has 1 aliphatic heterocycles. The summed E-state index contributed by atoms with van der Waals surface area (Å²) in [5, 5.41) is 12.8. The van der Waals surface area contributed by atoms with Crippen molar-refractivity contribution in [2.75, 3.05) is 13.7 Å². The molecule has 37 heavy (non-hydrogen) atoms. The van der Waals surface area contributed by atoms with Crippen LogP contribution < -0.4 is 4.74 Å². The van der Waals surface area contributed by atoms with Crippen LogP contribution in [0.25, 0.3) is 0 Å². The highest BCUT2D eigenvalue weighted by Crippen LogP contribution is 2.47. The van der Waals surface area contributed by atoms with E-state index in [1.807, 2.05) is 25.3 Å². The highest BCUT2D eigenvalue weighted by molar-refractivity contribution is 7.09. The van der Waals surface area contributed by atoms with Crippen LogP contribution >= 0.6 is 11.3 Å². The third-order valence-corrected chi connectivity index (χ3v) is 7.11. The second kappa shape index (κ2) is 10.6. The number of esters is 1. The number of methoxy groups -OCH3 is 1. The Kier molecular flexibility index (Phi) is 8.25. The average Bonchev–Trinajstić information content (AvgIpc) is 3.42. The van der Waals surface area contributed by atoms with Gasteiger partial charge in [0, 0.05) is 17.1 Å². The molecule has 202 valence electrons. The van der Waals surface area contributed by atoms with Crippen molar-refractivity contribution in [2.45, 2.75) is 84.4 Å². The van der Waals surface area contributed by atoms with E-state index >= 15 is 0 Å². The minimum absolute atomic E-state index is 0.0480. The zero-order chi connectivity index (χ0) is 27.8. The molecule has 0 saturated heterocycles. The number of amides is 1. The first kappa shape index (κ1) is 28.9. The Morgan fingerprint density at radius 3 is 2.35 bits per heavy atom. The predicted octanol–water partition coefficient (Wildman–Crippen LogP) is 5.69. The lowest BCUT2D eigenvalue weighted by Gasteiger charge is -2.41. The van der Waals surface area contributed by atoms with Crippen molar-refractivity contribution in [3.05, 3.63) is 57.6 Å². The van der Waals surface area contributed by atoms with E-state index < -0.39 is 23.2 Å². The summed E-state index contributed by atoms with van der Waals surface area (Å²) in [4.78, 5) is 34.4. The Morgan fingerprint density at radius 1 is 1.19 bits per heavy atom. The normalized spacial score (nSPS) is 20.2. The number of benzene rings is 1. The van der Waals surface area contributed by atoms with Gasteiger partial charge in [0.05, 0.1) is 13.7 Å². The number of hydrogen-bond donors (Lipinski definition) is 1. The van der Waals surface area contributed by atoms with Crippen LogP contribution in [-0.4, -0.2) is 51.7 Å². The van der Waals surface area contributed by atoms with Crippen LogP contribution in [0.15, 0.2) is 41.4 Å². The number of rotatable bonds is 7. The Labute approximate surface area is 224 Å². The molecule has 1 N–H and O–H groups in total. The minimum Gasteiger partial charge on any atom is -0.496 e. The summed E-state index contributed by atoms with van der Waals surface area (Å²) in [5.74, 6) is -0.229. The standard InChI is InChI=1S/C29H40N2O5S/c1-18(2)15-29(26(34)36-28(6,7)8)16-20(17-32)23(24-30-12-13-37-24)31(29)25(33)19-10-11-21(27(3,4)5)22(14-19)35-9/h10-14,16,18,23,32H,15,17H2,1-9H3/t23-,29+/m1/s1. The number of aliphatic hydroxyl groups is 1. The van der Waals surface area contributed by atoms with Crippen molar-refractivity contribution in [3.8, 4) is 5.75 Å². The summed E-state index contributed by atoms with van der Waals surface area (Å²) in [6.45, 7) is 15.3. The summed E-state index contributed by atoms with van der Waals surface area (Å²) in [6, 6.07) is 4.71. The zero-order valence-corrected chi connectivity index (χ0v) is 24.2. The molecule has 1 aromatic carbocycles. The van der Waals surface area contributed by atoms with Gasteiger partial charge < -0.3 is 19.5 Å². The van der Waals surface area contributed by atoms with Gasteiger partial charge in [-0.2, -0.15) is 0 Å². The number of ether oxygens (including phenoxy) is 2. The monoisotopic (exact) mass is 528 g/mol. The lowest BCUT2D eigenvalue weighted by molar-refractivity contribution is -0.166. The second-order valence-corrected chi connectivity index (χ2v) is 12.9. The number of thiazole rings is 1. The van der Waals surface area contributed by atoms with Gasteiger partial charge in [-0.05, 0) is 67.9 Å². The molecule has 8 heteroatoms. The number of nitrogens with zero attached hydrogens (tertiary/aromatic N) is 2. The van der Waals surface area contributed by atoms with Gasteiger partial charge >= 0.3 is 5.97 Å².